The summed E-state index contributed by atoms with van der Waals surface area (Å²) < 4.78 is 11.9. The lowest BCUT2D eigenvalue weighted by Gasteiger charge is -2.70. The maximum atomic E-state index is 15.1. The molecule has 5 rings (SSSR count). The third-order valence-electron chi connectivity index (χ3n) is 13.6. The highest BCUT2D eigenvalue weighted by Gasteiger charge is 2.77. The third-order valence-corrected chi connectivity index (χ3v) is 17.2. The predicted molar refractivity (Wildman–Crippen MR) is 177 cm³/mol. The Morgan fingerprint density at radius 3 is 2.23 bits per heavy atom. The molecule has 0 amide bonds. The van der Waals surface area contributed by atoms with Gasteiger partial charge in [0.15, 0.2) is 0 Å². The van der Waals surface area contributed by atoms with Crippen molar-refractivity contribution in [3.8, 4) is 0 Å². The van der Waals surface area contributed by atoms with E-state index in [0.717, 1.165) is 43.6 Å². The zero-order chi connectivity index (χ0) is 31.6. The van der Waals surface area contributed by atoms with E-state index in [-0.39, 0.29) is 61.5 Å². The Hall–Kier alpha value is -0.690. The number of carbonyl (C=O) groups excluding carboxylic acids is 3. The standard InChI is InChI=1S/C36H58O5S2/c1-22(2)11-10-12-23(3)26-13-16-34(9)31-30(27(39)19-35(26,34)21-40-24(4)37)33(8)15-14-29(41-25(5)38)32(6,7)28(33)20-36(31)42-17-18-43-36/h22-23,26,28-31H,10-21H2,1-9H3. The number of esters is 2. The van der Waals surface area contributed by atoms with E-state index in [0.29, 0.717) is 36.6 Å². The minimum atomic E-state index is -0.321. The van der Waals surface area contributed by atoms with Gasteiger partial charge in [-0.1, -0.05) is 67.7 Å². The maximum Gasteiger partial charge on any atom is 0.302 e. The van der Waals surface area contributed by atoms with E-state index in [4.69, 9.17) is 9.47 Å². The van der Waals surface area contributed by atoms with Crippen LogP contribution >= 0.6 is 23.5 Å². The Labute approximate surface area is 269 Å². The molecule has 0 aromatic carbocycles. The van der Waals surface area contributed by atoms with Gasteiger partial charge >= 0.3 is 11.9 Å². The van der Waals surface area contributed by atoms with Crippen molar-refractivity contribution in [2.75, 3.05) is 18.1 Å². The molecule has 43 heavy (non-hydrogen) atoms. The molecule has 1 spiro atoms. The van der Waals surface area contributed by atoms with Crippen molar-refractivity contribution < 1.29 is 23.9 Å². The summed E-state index contributed by atoms with van der Waals surface area (Å²) >= 11 is 4.23. The van der Waals surface area contributed by atoms with Crippen LogP contribution in [0, 0.1) is 57.2 Å². The van der Waals surface area contributed by atoms with Crippen LogP contribution < -0.4 is 0 Å². The summed E-state index contributed by atoms with van der Waals surface area (Å²) in [6, 6.07) is 0. The van der Waals surface area contributed by atoms with Gasteiger partial charge in [-0.05, 0) is 72.5 Å². The molecule has 0 bridgehead atoms. The molecule has 0 aromatic rings. The highest BCUT2D eigenvalue weighted by molar-refractivity contribution is 8.21. The molecule has 7 heteroatoms. The number of Topliss-reactive ketones (excluding diaryl/α,β-unsaturated/α-hetero) is 1. The number of ether oxygens (including phenoxy) is 2. The van der Waals surface area contributed by atoms with Crippen molar-refractivity contribution in [2.24, 2.45) is 57.2 Å². The number of fused-ring (bicyclic) bond motifs is 6. The zero-order valence-corrected chi connectivity index (χ0v) is 30.0. The number of hydrogen-bond donors (Lipinski definition) is 0. The van der Waals surface area contributed by atoms with Gasteiger partial charge in [0.1, 0.15) is 11.9 Å². The van der Waals surface area contributed by atoms with E-state index in [9.17, 15) is 9.59 Å². The fourth-order valence-corrected chi connectivity index (χ4v) is 15.5. The first-order chi connectivity index (χ1) is 20.0. The average molecular weight is 635 g/mol. The lowest BCUT2D eigenvalue weighted by Crippen LogP contribution is -2.70. The number of hydrogen-bond acceptors (Lipinski definition) is 7. The van der Waals surface area contributed by atoms with Gasteiger partial charge in [-0.3, -0.25) is 14.4 Å². The molecular weight excluding hydrogens is 577 g/mol. The molecule has 5 nitrogen and oxygen atoms in total. The summed E-state index contributed by atoms with van der Waals surface area (Å²) in [6.07, 6.45) is 9.02. The molecule has 0 N–H and O–H groups in total. The van der Waals surface area contributed by atoms with E-state index >= 15 is 4.79 Å². The van der Waals surface area contributed by atoms with Gasteiger partial charge in [0.2, 0.25) is 0 Å². The van der Waals surface area contributed by atoms with Crippen molar-refractivity contribution in [3.63, 3.8) is 0 Å². The van der Waals surface area contributed by atoms with Crippen LogP contribution in [0.2, 0.25) is 0 Å². The fourth-order valence-electron chi connectivity index (χ4n) is 11.6. The molecule has 4 aliphatic carbocycles. The van der Waals surface area contributed by atoms with Crippen LogP contribution in [-0.2, 0) is 23.9 Å². The molecular formula is C36H58O5S2. The SMILES string of the molecule is CC(=O)OCC12CC(=O)C3C(C4(CC5C(C)(C)C(OC(C)=O)CCC35C)SCCS4)C1(C)CCC2C(C)CCCC(C)C. The monoisotopic (exact) mass is 634 g/mol. The second-order valence-electron chi connectivity index (χ2n) is 16.6. The Morgan fingerprint density at radius 2 is 1.63 bits per heavy atom. The zero-order valence-electron chi connectivity index (χ0n) is 28.4. The normalized spacial score (nSPS) is 41.8. The minimum Gasteiger partial charge on any atom is -0.465 e. The number of ketones is 1. The van der Waals surface area contributed by atoms with Crippen molar-refractivity contribution in [1.82, 2.24) is 0 Å². The van der Waals surface area contributed by atoms with E-state index in [1.165, 1.54) is 33.1 Å². The Morgan fingerprint density at radius 1 is 0.953 bits per heavy atom. The van der Waals surface area contributed by atoms with E-state index in [2.05, 4.69) is 72.0 Å². The minimum absolute atomic E-state index is 0.0210. The van der Waals surface area contributed by atoms with Gasteiger partial charge in [0.05, 0.1) is 10.7 Å². The van der Waals surface area contributed by atoms with Crippen molar-refractivity contribution >= 4 is 41.2 Å². The van der Waals surface area contributed by atoms with Crippen LogP contribution in [0.25, 0.3) is 0 Å². The second-order valence-corrected chi connectivity index (χ2v) is 19.7. The fraction of sp³-hybridized carbons (Fsp3) is 0.917. The highest BCUT2D eigenvalue weighted by atomic mass is 32.2. The number of carbonyl (C=O) groups is 3. The third kappa shape index (κ3) is 5.34. The van der Waals surface area contributed by atoms with Crippen LogP contribution in [0.3, 0.4) is 0 Å². The predicted octanol–water partition coefficient (Wildman–Crippen LogP) is 8.57. The largest absolute Gasteiger partial charge is 0.465 e. The molecule has 4 saturated carbocycles. The van der Waals surface area contributed by atoms with Gasteiger partial charge in [-0.2, -0.15) is 0 Å². The van der Waals surface area contributed by atoms with Gasteiger partial charge in [0, 0.05) is 48.5 Å². The molecule has 0 aromatic heterocycles. The highest BCUT2D eigenvalue weighted by Crippen LogP contribution is 2.79. The van der Waals surface area contributed by atoms with Crippen LogP contribution in [0.5, 0.6) is 0 Å². The quantitative estimate of drug-likeness (QED) is 0.248. The number of thioether (sulfide) groups is 2. The van der Waals surface area contributed by atoms with E-state index < -0.39 is 0 Å². The van der Waals surface area contributed by atoms with Gasteiger partial charge in [-0.25, -0.2) is 0 Å². The van der Waals surface area contributed by atoms with Gasteiger partial charge in [-0.15, -0.1) is 23.5 Å². The summed E-state index contributed by atoms with van der Waals surface area (Å²) in [6.45, 7) is 20.0. The van der Waals surface area contributed by atoms with E-state index in [1.54, 1.807) is 0 Å². The summed E-state index contributed by atoms with van der Waals surface area (Å²) in [4.78, 5) is 39.6. The van der Waals surface area contributed by atoms with Crippen LogP contribution in [0.1, 0.15) is 120 Å². The van der Waals surface area contributed by atoms with E-state index in [1.807, 2.05) is 0 Å². The molecule has 5 fully saturated rings. The first kappa shape index (κ1) is 33.7. The van der Waals surface area contributed by atoms with Crippen LogP contribution in [-0.4, -0.2) is 46.0 Å². The summed E-state index contributed by atoms with van der Waals surface area (Å²) in [5.41, 5.74) is -0.767. The Kier molecular flexibility index (Phi) is 9.27. The molecule has 1 aliphatic heterocycles. The lowest BCUT2D eigenvalue weighted by atomic mass is 9.37. The average Bonchev–Trinajstić information content (AvgIpc) is 3.48. The summed E-state index contributed by atoms with van der Waals surface area (Å²) in [5, 5.41) is 0. The van der Waals surface area contributed by atoms with Gasteiger partial charge in [0.25, 0.3) is 0 Å². The summed E-state index contributed by atoms with van der Waals surface area (Å²) in [7, 11) is 0. The molecule has 244 valence electrons. The topological polar surface area (TPSA) is 69.7 Å². The van der Waals surface area contributed by atoms with Crippen molar-refractivity contribution in [1.29, 1.82) is 0 Å². The van der Waals surface area contributed by atoms with Crippen molar-refractivity contribution in [3.05, 3.63) is 0 Å². The number of rotatable bonds is 8. The van der Waals surface area contributed by atoms with Crippen molar-refractivity contribution in [2.45, 2.75) is 130 Å². The molecule has 9 unspecified atom stereocenters. The second kappa shape index (κ2) is 11.8. The molecule has 1 saturated heterocycles. The lowest BCUT2D eigenvalue weighted by molar-refractivity contribution is -0.216. The maximum absolute atomic E-state index is 15.1. The van der Waals surface area contributed by atoms with Crippen LogP contribution in [0.15, 0.2) is 0 Å². The first-order valence-electron chi connectivity index (χ1n) is 17.2. The smallest absolute Gasteiger partial charge is 0.302 e. The molecule has 5 aliphatic rings. The molecule has 9 atom stereocenters. The van der Waals surface area contributed by atoms with Crippen LogP contribution in [0.4, 0.5) is 0 Å². The summed E-state index contributed by atoms with van der Waals surface area (Å²) in [5.74, 6) is 4.28. The Balaban J connectivity index is 1.60. The Bertz CT molecular complexity index is 1100. The van der Waals surface area contributed by atoms with Gasteiger partial charge < -0.3 is 9.47 Å². The first-order valence-corrected chi connectivity index (χ1v) is 19.1. The molecule has 1 heterocycles. The molecule has 0 radical (unpaired) electrons.